The van der Waals surface area contributed by atoms with Crippen LogP contribution in [0.2, 0.25) is 0 Å². The van der Waals surface area contributed by atoms with Crippen LogP contribution < -0.4 is 10.6 Å². The Balaban J connectivity index is 2.83. The number of nitrogens with one attached hydrogen (secondary N) is 2. The van der Waals surface area contributed by atoms with E-state index in [0.717, 1.165) is 23.6 Å². The van der Waals surface area contributed by atoms with Crippen molar-refractivity contribution >= 4 is 21.5 Å². The van der Waals surface area contributed by atoms with Crippen LogP contribution in [0, 0.1) is 6.92 Å². The van der Waals surface area contributed by atoms with Gasteiger partial charge in [0.1, 0.15) is 17.5 Å². The highest BCUT2D eigenvalue weighted by Crippen LogP contribution is 2.19. The summed E-state index contributed by atoms with van der Waals surface area (Å²) in [5.74, 6) is 2.48. The smallest absolute Gasteiger partial charge is 0.151 e. The normalized spacial score (nSPS) is 11.4. The largest absolute Gasteiger partial charge is 0.373 e. The first-order valence-electron chi connectivity index (χ1n) is 6.43. The highest BCUT2D eigenvalue weighted by molar-refractivity contribution is 7.91. The second-order valence-corrected chi connectivity index (χ2v) is 6.70. The fraction of sp³-hybridized carbons (Fsp3) is 0.667. The van der Waals surface area contributed by atoms with Gasteiger partial charge >= 0.3 is 0 Å². The van der Waals surface area contributed by atoms with Crippen molar-refractivity contribution < 1.29 is 8.42 Å². The van der Waals surface area contributed by atoms with E-state index in [2.05, 4.69) is 20.6 Å². The topological polar surface area (TPSA) is 84.0 Å². The minimum Gasteiger partial charge on any atom is -0.373 e. The quantitative estimate of drug-likeness (QED) is 0.784. The van der Waals surface area contributed by atoms with Crippen LogP contribution in [0.1, 0.15) is 25.2 Å². The van der Waals surface area contributed by atoms with E-state index in [1.54, 1.807) is 14.0 Å². The van der Waals surface area contributed by atoms with E-state index >= 15 is 0 Å². The van der Waals surface area contributed by atoms with E-state index in [4.69, 9.17) is 0 Å². The lowest BCUT2D eigenvalue weighted by Crippen LogP contribution is -2.19. The van der Waals surface area contributed by atoms with E-state index in [-0.39, 0.29) is 11.5 Å². The Hall–Kier alpha value is -1.37. The summed E-state index contributed by atoms with van der Waals surface area (Å²) in [6.07, 6.45) is 0.733. The lowest BCUT2D eigenvalue weighted by atomic mass is 10.3. The molecule has 0 aromatic carbocycles. The zero-order valence-electron chi connectivity index (χ0n) is 11.9. The molecule has 1 aromatic rings. The molecule has 19 heavy (non-hydrogen) atoms. The number of sulfone groups is 1. The molecule has 0 saturated carbocycles. The predicted molar refractivity (Wildman–Crippen MR) is 78.5 cm³/mol. The molecule has 7 heteroatoms. The van der Waals surface area contributed by atoms with Crippen LogP contribution >= 0.6 is 0 Å². The van der Waals surface area contributed by atoms with Crippen molar-refractivity contribution in [2.45, 2.75) is 27.2 Å². The van der Waals surface area contributed by atoms with Gasteiger partial charge in [-0.1, -0.05) is 13.8 Å². The maximum Gasteiger partial charge on any atom is 0.151 e. The molecule has 0 bridgehead atoms. The average molecular weight is 286 g/mol. The summed E-state index contributed by atoms with van der Waals surface area (Å²) in [6.45, 7) is 5.90. The molecule has 0 saturated heterocycles. The van der Waals surface area contributed by atoms with Crippen LogP contribution in [-0.4, -0.2) is 43.5 Å². The molecule has 0 aliphatic carbocycles. The van der Waals surface area contributed by atoms with Crippen molar-refractivity contribution in [1.29, 1.82) is 0 Å². The third-order valence-electron chi connectivity index (χ3n) is 2.89. The highest BCUT2D eigenvalue weighted by Gasteiger charge is 2.11. The van der Waals surface area contributed by atoms with Gasteiger partial charge in [-0.3, -0.25) is 0 Å². The molecule has 0 amide bonds. The van der Waals surface area contributed by atoms with Gasteiger partial charge in [-0.15, -0.1) is 0 Å². The Morgan fingerprint density at radius 3 is 2.32 bits per heavy atom. The molecular formula is C12H22N4O2S. The summed E-state index contributed by atoms with van der Waals surface area (Å²) in [5, 5.41) is 6.10. The van der Waals surface area contributed by atoms with Crippen LogP contribution in [0.15, 0.2) is 0 Å². The van der Waals surface area contributed by atoms with Gasteiger partial charge in [0.25, 0.3) is 0 Å². The van der Waals surface area contributed by atoms with Crippen LogP contribution in [0.25, 0.3) is 0 Å². The zero-order chi connectivity index (χ0) is 14.5. The molecule has 0 atom stereocenters. The van der Waals surface area contributed by atoms with Crippen molar-refractivity contribution in [3.05, 3.63) is 11.4 Å². The van der Waals surface area contributed by atoms with Crippen LogP contribution in [0.5, 0.6) is 0 Å². The summed E-state index contributed by atoms with van der Waals surface area (Å²) >= 11 is 0. The number of rotatable bonds is 7. The SMILES string of the molecule is CCc1nc(NC)c(C)c(NCCS(=O)(=O)CC)n1. The first-order valence-corrected chi connectivity index (χ1v) is 8.25. The van der Waals surface area contributed by atoms with Gasteiger partial charge < -0.3 is 10.6 Å². The first kappa shape index (κ1) is 15.7. The van der Waals surface area contributed by atoms with Gasteiger partial charge in [-0.2, -0.15) is 0 Å². The van der Waals surface area contributed by atoms with Gasteiger partial charge in [0, 0.05) is 31.3 Å². The van der Waals surface area contributed by atoms with Crippen molar-refractivity contribution in [3.8, 4) is 0 Å². The summed E-state index contributed by atoms with van der Waals surface area (Å²) in [6, 6.07) is 0. The van der Waals surface area contributed by atoms with Crippen molar-refractivity contribution in [2.24, 2.45) is 0 Å². The van der Waals surface area contributed by atoms with Gasteiger partial charge in [0.05, 0.1) is 5.75 Å². The van der Waals surface area contributed by atoms with E-state index in [9.17, 15) is 8.42 Å². The van der Waals surface area contributed by atoms with E-state index < -0.39 is 9.84 Å². The number of hydrogen-bond acceptors (Lipinski definition) is 6. The first-order chi connectivity index (χ1) is 8.93. The summed E-state index contributed by atoms with van der Waals surface area (Å²) in [4.78, 5) is 8.75. The van der Waals surface area contributed by atoms with E-state index in [1.165, 1.54) is 0 Å². The van der Waals surface area contributed by atoms with Crippen LogP contribution in [0.3, 0.4) is 0 Å². The Morgan fingerprint density at radius 2 is 1.79 bits per heavy atom. The van der Waals surface area contributed by atoms with Crippen molar-refractivity contribution in [3.63, 3.8) is 0 Å². The second-order valence-electron chi connectivity index (χ2n) is 4.23. The van der Waals surface area contributed by atoms with Gasteiger partial charge in [-0.25, -0.2) is 18.4 Å². The molecule has 0 fully saturated rings. The molecule has 1 heterocycles. The molecule has 1 rings (SSSR count). The van der Waals surface area contributed by atoms with Gasteiger partial charge in [-0.05, 0) is 6.92 Å². The third-order valence-corrected chi connectivity index (χ3v) is 4.60. The molecule has 0 radical (unpaired) electrons. The minimum atomic E-state index is -2.96. The Kier molecular flexibility index (Phi) is 5.53. The van der Waals surface area contributed by atoms with Crippen LogP contribution in [-0.2, 0) is 16.3 Å². The third kappa shape index (κ3) is 4.34. The fourth-order valence-electron chi connectivity index (χ4n) is 1.61. The molecule has 0 aliphatic heterocycles. The molecule has 2 N–H and O–H groups in total. The number of hydrogen-bond donors (Lipinski definition) is 2. The minimum absolute atomic E-state index is 0.114. The molecule has 108 valence electrons. The van der Waals surface area contributed by atoms with Crippen LogP contribution in [0.4, 0.5) is 11.6 Å². The predicted octanol–water partition coefficient (Wildman–Crippen LogP) is 1.24. The summed E-state index contributed by atoms with van der Waals surface area (Å²) < 4.78 is 22.9. The zero-order valence-corrected chi connectivity index (χ0v) is 12.8. The fourth-order valence-corrected chi connectivity index (χ4v) is 2.31. The lowest BCUT2D eigenvalue weighted by Gasteiger charge is -2.13. The highest BCUT2D eigenvalue weighted by atomic mass is 32.2. The molecular weight excluding hydrogens is 264 g/mol. The molecule has 0 aliphatic rings. The van der Waals surface area contributed by atoms with E-state index in [1.807, 2.05) is 13.8 Å². The maximum atomic E-state index is 11.4. The second kappa shape index (κ2) is 6.70. The Bertz CT molecular complexity index is 529. The number of nitrogens with zero attached hydrogens (tertiary/aromatic N) is 2. The van der Waals surface area contributed by atoms with Gasteiger partial charge in [0.15, 0.2) is 9.84 Å². The average Bonchev–Trinajstić information content (AvgIpc) is 2.40. The van der Waals surface area contributed by atoms with Crippen molar-refractivity contribution in [2.75, 3.05) is 35.7 Å². The lowest BCUT2D eigenvalue weighted by molar-refractivity contribution is 0.597. The maximum absolute atomic E-state index is 11.4. The van der Waals surface area contributed by atoms with Gasteiger partial charge in [0.2, 0.25) is 0 Å². The van der Waals surface area contributed by atoms with E-state index in [0.29, 0.717) is 12.4 Å². The Labute approximate surface area is 115 Å². The molecule has 0 spiro atoms. The Morgan fingerprint density at radius 1 is 1.16 bits per heavy atom. The summed E-state index contributed by atoms with van der Waals surface area (Å²) in [7, 11) is -1.15. The molecule has 1 aromatic heterocycles. The number of anilines is 2. The number of aryl methyl sites for hydroxylation is 1. The molecule has 6 nitrogen and oxygen atoms in total. The molecule has 0 unspecified atom stereocenters. The summed E-state index contributed by atoms with van der Waals surface area (Å²) in [5.41, 5.74) is 0.897. The standard InChI is InChI=1S/C12H22N4O2S/c1-5-10-15-11(13-4)9(3)12(16-10)14-7-8-19(17,18)6-2/h5-8H2,1-4H3,(H2,13,14,15,16). The number of aromatic nitrogens is 2. The monoisotopic (exact) mass is 286 g/mol. The van der Waals surface area contributed by atoms with Crippen molar-refractivity contribution in [1.82, 2.24) is 9.97 Å².